The van der Waals surface area contributed by atoms with E-state index in [1.54, 1.807) is 6.07 Å². The number of H-pyrrole nitrogens is 1. The largest absolute Gasteiger partial charge is 0.281 e. The van der Waals surface area contributed by atoms with E-state index in [0.717, 1.165) is 5.56 Å². The molecular formula is C12H9FIN3. The Kier molecular flexibility index (Phi) is 4.03. The maximum absolute atomic E-state index is 13.3. The highest BCUT2D eigenvalue weighted by Crippen LogP contribution is 2.11. The minimum absolute atomic E-state index is 0.366. The molecule has 0 aliphatic rings. The quantitative estimate of drug-likeness (QED) is 0.809. The first-order chi connectivity index (χ1) is 8.27. The van der Waals surface area contributed by atoms with Gasteiger partial charge in [0.15, 0.2) is 11.6 Å². The third kappa shape index (κ3) is 3.23. The van der Waals surface area contributed by atoms with Gasteiger partial charge in [0.1, 0.15) is 0 Å². The van der Waals surface area contributed by atoms with Crippen LogP contribution in [0, 0.1) is 9.39 Å². The van der Waals surface area contributed by atoms with Gasteiger partial charge in [-0.25, -0.2) is 9.37 Å². The third-order valence-corrected chi connectivity index (χ3v) is 2.91. The van der Waals surface area contributed by atoms with Gasteiger partial charge < -0.3 is 0 Å². The Bertz CT molecular complexity index is 523. The maximum atomic E-state index is 13.3. The highest BCUT2D eigenvalue weighted by atomic mass is 127. The fourth-order valence-corrected chi connectivity index (χ4v) is 1.54. The first kappa shape index (κ1) is 12.0. The van der Waals surface area contributed by atoms with Crippen molar-refractivity contribution in [2.24, 2.45) is 0 Å². The normalized spacial score (nSPS) is 9.76. The van der Waals surface area contributed by atoms with E-state index in [0.29, 0.717) is 9.39 Å². The van der Waals surface area contributed by atoms with Crippen molar-refractivity contribution in [1.82, 2.24) is 15.2 Å². The molecule has 1 aromatic heterocycles. The van der Waals surface area contributed by atoms with E-state index >= 15 is 0 Å². The lowest BCUT2D eigenvalue weighted by Crippen LogP contribution is -1.85. The lowest BCUT2D eigenvalue weighted by Gasteiger charge is -1.94. The predicted octanol–water partition coefficient (Wildman–Crippen LogP) is 3.34. The van der Waals surface area contributed by atoms with Crippen LogP contribution in [0.5, 0.6) is 0 Å². The molecule has 2 aromatic rings. The molecule has 0 saturated carbocycles. The Morgan fingerprint density at radius 3 is 2.65 bits per heavy atom. The summed E-state index contributed by atoms with van der Waals surface area (Å²) in [6.45, 7) is 0. The highest BCUT2D eigenvalue weighted by molar-refractivity contribution is 14.1. The van der Waals surface area contributed by atoms with Crippen LogP contribution in [0.1, 0.15) is 0 Å². The summed E-state index contributed by atoms with van der Waals surface area (Å²) >= 11 is 1.90. The number of halogens is 2. The van der Waals surface area contributed by atoms with Crippen molar-refractivity contribution in [2.45, 2.75) is 0 Å². The van der Waals surface area contributed by atoms with Crippen LogP contribution in [-0.2, 0) is 0 Å². The molecule has 0 fully saturated rings. The van der Waals surface area contributed by atoms with Crippen molar-refractivity contribution in [3.63, 3.8) is 0 Å². The molecule has 1 aromatic carbocycles. The third-order valence-electron chi connectivity index (χ3n) is 2.04. The smallest absolute Gasteiger partial charge is 0.179 e. The van der Waals surface area contributed by atoms with Crippen LogP contribution in [0.2, 0.25) is 0 Å². The van der Waals surface area contributed by atoms with Gasteiger partial charge in [0, 0.05) is 11.8 Å². The van der Waals surface area contributed by atoms with Crippen LogP contribution in [0.15, 0.2) is 48.8 Å². The van der Waals surface area contributed by atoms with Gasteiger partial charge in [0.05, 0.1) is 9.77 Å². The number of hydrogen-bond acceptors (Lipinski definition) is 2. The fraction of sp³-hybridized carbons (Fsp3) is 0. The molecule has 86 valence electrons. The SMILES string of the molecule is Fc1c[nH]nc(-c2ccccc2)nccc1I. The van der Waals surface area contributed by atoms with Gasteiger partial charge in [0.2, 0.25) is 0 Å². The van der Waals surface area contributed by atoms with Gasteiger partial charge in [-0.1, -0.05) is 30.3 Å². The molecule has 1 heterocycles. The Balaban J connectivity index is 2.55. The van der Waals surface area contributed by atoms with E-state index in [4.69, 9.17) is 0 Å². The fourth-order valence-electron chi connectivity index (χ4n) is 1.23. The lowest BCUT2D eigenvalue weighted by molar-refractivity contribution is 0.614. The molecule has 0 unspecified atom stereocenters. The zero-order valence-electron chi connectivity index (χ0n) is 8.77. The molecule has 0 aliphatic carbocycles. The first-order valence-corrected chi connectivity index (χ1v) is 6.00. The van der Waals surface area contributed by atoms with Gasteiger partial charge in [0.25, 0.3) is 0 Å². The second-order valence-corrected chi connectivity index (χ2v) is 4.38. The summed E-state index contributed by atoms with van der Waals surface area (Å²) < 4.78 is 13.8. The van der Waals surface area contributed by atoms with Gasteiger partial charge >= 0.3 is 0 Å². The Morgan fingerprint density at radius 1 is 1.12 bits per heavy atom. The Morgan fingerprint density at radius 2 is 1.88 bits per heavy atom. The molecule has 0 radical (unpaired) electrons. The summed E-state index contributed by atoms with van der Waals surface area (Å²) in [6.07, 6.45) is 2.74. The average molecular weight is 341 g/mol. The van der Waals surface area contributed by atoms with Crippen LogP contribution >= 0.6 is 22.6 Å². The van der Waals surface area contributed by atoms with Crippen LogP contribution in [0.25, 0.3) is 11.4 Å². The number of aromatic amines is 1. The maximum Gasteiger partial charge on any atom is 0.179 e. The summed E-state index contributed by atoms with van der Waals surface area (Å²) in [6, 6.07) is 11.1. The monoisotopic (exact) mass is 341 g/mol. The Hall–Kier alpha value is -1.50. The van der Waals surface area contributed by atoms with Crippen molar-refractivity contribution < 1.29 is 4.39 Å². The van der Waals surface area contributed by atoms with Crippen molar-refractivity contribution in [2.75, 3.05) is 0 Å². The standard InChI is InChI=1S/C12H9FIN3/c13-10-8-16-17-12(15-7-6-11(10)14)9-4-2-1-3-5-9/h1-8,16H. The molecule has 0 bridgehead atoms. The van der Waals surface area contributed by atoms with E-state index in [1.807, 2.05) is 52.9 Å². The molecule has 2 rings (SSSR count). The van der Waals surface area contributed by atoms with Crippen molar-refractivity contribution in [1.29, 1.82) is 0 Å². The van der Waals surface area contributed by atoms with E-state index in [2.05, 4.69) is 15.2 Å². The average Bonchev–Trinajstić information content (AvgIpc) is 2.44. The number of hydrogen-bond donors (Lipinski definition) is 1. The minimum atomic E-state index is -0.366. The van der Waals surface area contributed by atoms with Crippen LogP contribution in [0.4, 0.5) is 4.39 Å². The second kappa shape index (κ2) is 5.72. The van der Waals surface area contributed by atoms with Crippen molar-refractivity contribution in [3.05, 3.63) is 58.2 Å². The van der Waals surface area contributed by atoms with Crippen molar-refractivity contribution >= 4 is 22.6 Å². The number of rotatable bonds is 1. The van der Waals surface area contributed by atoms with Gasteiger partial charge in [-0.2, -0.15) is 5.10 Å². The Labute approximate surface area is 112 Å². The summed E-state index contributed by atoms with van der Waals surface area (Å²) in [5.41, 5.74) is 0.871. The minimum Gasteiger partial charge on any atom is -0.281 e. The molecule has 0 spiro atoms. The van der Waals surface area contributed by atoms with E-state index < -0.39 is 0 Å². The van der Waals surface area contributed by atoms with Crippen molar-refractivity contribution in [3.8, 4) is 11.4 Å². The molecule has 0 atom stereocenters. The second-order valence-electron chi connectivity index (χ2n) is 3.22. The molecule has 1 N–H and O–H groups in total. The molecule has 0 aliphatic heterocycles. The number of benzene rings is 1. The molecule has 3 nitrogen and oxygen atoms in total. The van der Waals surface area contributed by atoms with Gasteiger partial charge in [-0.3, -0.25) is 5.10 Å². The lowest BCUT2D eigenvalue weighted by atomic mass is 10.2. The van der Waals surface area contributed by atoms with Gasteiger partial charge in [-0.15, -0.1) is 0 Å². The summed E-state index contributed by atoms with van der Waals surface area (Å²) in [7, 11) is 0. The summed E-state index contributed by atoms with van der Waals surface area (Å²) in [5.74, 6) is 0.145. The van der Waals surface area contributed by atoms with Crippen LogP contribution in [-0.4, -0.2) is 15.2 Å². The molecule has 17 heavy (non-hydrogen) atoms. The van der Waals surface area contributed by atoms with E-state index in [1.165, 1.54) is 12.4 Å². The number of nitrogens with one attached hydrogen (secondary N) is 1. The van der Waals surface area contributed by atoms with E-state index in [-0.39, 0.29) is 5.82 Å². The van der Waals surface area contributed by atoms with Gasteiger partial charge in [-0.05, 0) is 28.7 Å². The molecule has 0 amide bonds. The number of aromatic nitrogens is 3. The highest BCUT2D eigenvalue weighted by Gasteiger charge is 1.97. The van der Waals surface area contributed by atoms with Crippen LogP contribution in [0.3, 0.4) is 0 Å². The molecular weight excluding hydrogens is 332 g/mol. The molecule has 0 saturated heterocycles. The first-order valence-electron chi connectivity index (χ1n) is 4.92. The summed E-state index contributed by atoms with van der Waals surface area (Å²) in [4.78, 5) is 4.18. The zero-order valence-corrected chi connectivity index (χ0v) is 10.9. The summed E-state index contributed by atoms with van der Waals surface area (Å²) in [5, 5.41) is 6.56. The zero-order chi connectivity index (χ0) is 12.1. The number of nitrogens with zero attached hydrogens (tertiary/aromatic N) is 2. The van der Waals surface area contributed by atoms with E-state index in [9.17, 15) is 4.39 Å². The van der Waals surface area contributed by atoms with Crippen LogP contribution < -0.4 is 0 Å². The topological polar surface area (TPSA) is 41.6 Å². The molecule has 5 heteroatoms. The predicted molar refractivity (Wildman–Crippen MR) is 72.1 cm³/mol.